The molecule has 3 rings (SSSR count). The number of amides is 2. The molecule has 9 heteroatoms. The molecular weight excluding hydrogens is 514 g/mol. The number of sulfonamides is 1. The molecule has 0 aliphatic rings. The molecule has 0 aliphatic heterocycles. The van der Waals surface area contributed by atoms with Crippen LogP contribution in [0.3, 0.4) is 0 Å². The lowest BCUT2D eigenvalue weighted by molar-refractivity contribution is -0.140. The van der Waals surface area contributed by atoms with Crippen LogP contribution in [0.1, 0.15) is 37.8 Å². The van der Waals surface area contributed by atoms with Crippen molar-refractivity contribution >= 4 is 27.5 Å². The number of ether oxygens (including phenoxy) is 1. The summed E-state index contributed by atoms with van der Waals surface area (Å²) in [6.07, 6.45) is 1.11. The number of aryl methyl sites for hydroxylation is 1. The Morgan fingerprint density at radius 2 is 1.64 bits per heavy atom. The van der Waals surface area contributed by atoms with Crippen molar-refractivity contribution in [3.8, 4) is 5.75 Å². The summed E-state index contributed by atoms with van der Waals surface area (Å²) in [6, 6.07) is 21.5. The molecule has 0 spiro atoms. The first-order valence-corrected chi connectivity index (χ1v) is 14.5. The zero-order chi connectivity index (χ0) is 28.4. The maximum Gasteiger partial charge on any atom is 0.264 e. The molecule has 208 valence electrons. The van der Waals surface area contributed by atoms with Gasteiger partial charge < -0.3 is 15.0 Å². The summed E-state index contributed by atoms with van der Waals surface area (Å²) in [7, 11) is -2.52. The van der Waals surface area contributed by atoms with Gasteiger partial charge in [-0.15, -0.1) is 0 Å². The third kappa shape index (κ3) is 7.60. The molecule has 0 heterocycles. The molecule has 3 aromatic carbocycles. The van der Waals surface area contributed by atoms with Gasteiger partial charge in [-0.05, 0) is 61.7 Å². The molecule has 2 amide bonds. The lowest BCUT2D eigenvalue weighted by Gasteiger charge is -2.33. The largest absolute Gasteiger partial charge is 0.497 e. The van der Waals surface area contributed by atoms with E-state index in [0.29, 0.717) is 24.4 Å². The first-order chi connectivity index (χ1) is 18.7. The van der Waals surface area contributed by atoms with E-state index in [0.717, 1.165) is 21.9 Å². The molecule has 1 N–H and O–H groups in total. The van der Waals surface area contributed by atoms with Crippen LogP contribution in [-0.2, 0) is 26.2 Å². The Bertz CT molecular complexity index is 1340. The minimum atomic E-state index is -4.08. The second-order valence-corrected chi connectivity index (χ2v) is 11.1. The SMILES string of the molecule is CCCNC(=O)[C@H](CC)N(Cc1cccc(OC)c1)C(=O)CN(c1ccc(C)cc1)S(=O)(=O)c1ccccc1. The van der Waals surface area contributed by atoms with Crippen molar-refractivity contribution in [1.29, 1.82) is 0 Å². The average molecular weight is 552 g/mol. The first kappa shape index (κ1) is 29.7. The number of hydrogen-bond donors (Lipinski definition) is 1. The van der Waals surface area contributed by atoms with Crippen molar-refractivity contribution in [2.24, 2.45) is 0 Å². The van der Waals surface area contributed by atoms with Crippen molar-refractivity contribution in [3.05, 3.63) is 90.0 Å². The van der Waals surface area contributed by atoms with E-state index in [1.807, 2.05) is 32.9 Å². The maximum absolute atomic E-state index is 14.0. The molecule has 0 unspecified atom stereocenters. The predicted molar refractivity (Wildman–Crippen MR) is 153 cm³/mol. The van der Waals surface area contributed by atoms with Crippen molar-refractivity contribution < 1.29 is 22.7 Å². The van der Waals surface area contributed by atoms with Crippen LogP contribution in [0, 0.1) is 6.92 Å². The van der Waals surface area contributed by atoms with Gasteiger partial charge in [-0.2, -0.15) is 0 Å². The Labute approximate surface area is 231 Å². The smallest absolute Gasteiger partial charge is 0.264 e. The van der Waals surface area contributed by atoms with Crippen LogP contribution in [0.5, 0.6) is 5.75 Å². The van der Waals surface area contributed by atoms with E-state index in [1.54, 1.807) is 61.7 Å². The third-order valence-corrected chi connectivity index (χ3v) is 8.14. The van der Waals surface area contributed by atoms with Crippen LogP contribution >= 0.6 is 0 Å². The van der Waals surface area contributed by atoms with Crippen LogP contribution in [0.2, 0.25) is 0 Å². The van der Waals surface area contributed by atoms with Crippen molar-refractivity contribution in [3.63, 3.8) is 0 Å². The monoisotopic (exact) mass is 551 g/mol. The van der Waals surface area contributed by atoms with Gasteiger partial charge in [0.2, 0.25) is 11.8 Å². The number of nitrogens with one attached hydrogen (secondary N) is 1. The minimum absolute atomic E-state index is 0.0745. The number of benzene rings is 3. The number of nitrogens with zero attached hydrogens (tertiary/aromatic N) is 2. The van der Waals surface area contributed by atoms with Crippen LogP contribution in [0.15, 0.2) is 83.8 Å². The van der Waals surface area contributed by atoms with Crippen molar-refractivity contribution in [1.82, 2.24) is 10.2 Å². The summed E-state index contributed by atoms with van der Waals surface area (Å²) >= 11 is 0. The molecule has 8 nitrogen and oxygen atoms in total. The van der Waals surface area contributed by atoms with Gasteiger partial charge in [0.05, 0.1) is 17.7 Å². The van der Waals surface area contributed by atoms with E-state index in [4.69, 9.17) is 4.74 Å². The normalized spacial score (nSPS) is 11.9. The summed E-state index contributed by atoms with van der Waals surface area (Å²) in [6.45, 7) is 5.81. The Balaban J connectivity index is 2.04. The number of carbonyl (C=O) groups excluding carboxylic acids is 2. The highest BCUT2D eigenvalue weighted by Gasteiger charge is 2.33. The third-order valence-electron chi connectivity index (χ3n) is 6.35. The van der Waals surface area contributed by atoms with Gasteiger partial charge in [-0.3, -0.25) is 13.9 Å². The van der Waals surface area contributed by atoms with E-state index in [-0.39, 0.29) is 17.3 Å². The number of methoxy groups -OCH3 is 1. The minimum Gasteiger partial charge on any atom is -0.497 e. The average Bonchev–Trinajstić information content (AvgIpc) is 2.95. The van der Waals surface area contributed by atoms with Gasteiger partial charge in [0.1, 0.15) is 18.3 Å². The Morgan fingerprint density at radius 1 is 0.949 bits per heavy atom. The Morgan fingerprint density at radius 3 is 2.26 bits per heavy atom. The van der Waals surface area contributed by atoms with E-state index in [2.05, 4.69) is 5.32 Å². The van der Waals surface area contributed by atoms with Gasteiger partial charge in [0.25, 0.3) is 10.0 Å². The summed E-state index contributed by atoms with van der Waals surface area (Å²) in [4.78, 5) is 28.7. The van der Waals surface area contributed by atoms with E-state index in [1.165, 1.54) is 17.0 Å². The molecule has 0 saturated heterocycles. The van der Waals surface area contributed by atoms with Crippen LogP contribution in [0.25, 0.3) is 0 Å². The van der Waals surface area contributed by atoms with E-state index >= 15 is 0 Å². The molecular formula is C30H37N3O5S. The van der Waals surface area contributed by atoms with Crippen LogP contribution in [-0.4, -0.2) is 51.4 Å². The fraction of sp³-hybridized carbons (Fsp3) is 0.333. The molecule has 0 radical (unpaired) electrons. The zero-order valence-corrected chi connectivity index (χ0v) is 23.8. The maximum atomic E-state index is 14.0. The standard InChI is InChI=1S/C30H37N3O5S/c1-5-19-31-30(35)28(6-2)32(21-24-11-10-12-26(20-24)38-4)29(34)22-33(25-17-15-23(3)16-18-25)39(36,37)27-13-8-7-9-14-27/h7-18,20,28H,5-6,19,21-22H2,1-4H3,(H,31,35)/t28-/m0/s1. The second-order valence-electron chi connectivity index (χ2n) is 9.25. The zero-order valence-electron chi connectivity index (χ0n) is 23.0. The van der Waals surface area contributed by atoms with E-state index in [9.17, 15) is 18.0 Å². The van der Waals surface area contributed by atoms with Crippen LogP contribution in [0.4, 0.5) is 5.69 Å². The summed E-state index contributed by atoms with van der Waals surface area (Å²) in [5, 5.41) is 2.88. The highest BCUT2D eigenvalue weighted by atomic mass is 32.2. The van der Waals surface area contributed by atoms with Gasteiger partial charge in [0.15, 0.2) is 0 Å². The fourth-order valence-electron chi connectivity index (χ4n) is 4.21. The quantitative estimate of drug-likeness (QED) is 0.337. The van der Waals surface area contributed by atoms with Gasteiger partial charge in [-0.1, -0.05) is 61.9 Å². The molecule has 3 aromatic rings. The molecule has 0 fully saturated rings. The second kappa shape index (κ2) is 13.8. The molecule has 1 atom stereocenters. The Hall–Kier alpha value is -3.85. The van der Waals surface area contributed by atoms with Crippen molar-refractivity contribution in [2.75, 3.05) is 24.5 Å². The molecule has 0 bridgehead atoms. The van der Waals surface area contributed by atoms with Gasteiger partial charge in [-0.25, -0.2) is 8.42 Å². The summed E-state index contributed by atoms with van der Waals surface area (Å²) in [5.74, 6) is -0.142. The highest BCUT2D eigenvalue weighted by molar-refractivity contribution is 7.92. The van der Waals surface area contributed by atoms with Gasteiger partial charge >= 0.3 is 0 Å². The van der Waals surface area contributed by atoms with Crippen molar-refractivity contribution in [2.45, 2.75) is 51.1 Å². The van der Waals surface area contributed by atoms with E-state index < -0.39 is 28.5 Å². The first-order valence-electron chi connectivity index (χ1n) is 13.1. The Kier molecular flexibility index (Phi) is 10.5. The highest BCUT2D eigenvalue weighted by Crippen LogP contribution is 2.25. The number of carbonyl (C=O) groups is 2. The number of hydrogen-bond acceptors (Lipinski definition) is 5. The molecule has 0 saturated carbocycles. The number of anilines is 1. The van der Waals surface area contributed by atoms with Crippen LogP contribution < -0.4 is 14.4 Å². The lowest BCUT2D eigenvalue weighted by Crippen LogP contribution is -2.52. The molecule has 0 aromatic heterocycles. The fourth-order valence-corrected chi connectivity index (χ4v) is 5.65. The molecule has 0 aliphatic carbocycles. The number of rotatable bonds is 13. The topological polar surface area (TPSA) is 96.0 Å². The summed E-state index contributed by atoms with van der Waals surface area (Å²) in [5.41, 5.74) is 2.08. The van der Waals surface area contributed by atoms with Gasteiger partial charge in [0, 0.05) is 13.1 Å². The lowest BCUT2D eigenvalue weighted by atomic mass is 10.1. The molecule has 39 heavy (non-hydrogen) atoms. The summed E-state index contributed by atoms with van der Waals surface area (Å²) < 4.78 is 34.0. The predicted octanol–water partition coefficient (Wildman–Crippen LogP) is 4.53.